The molecule has 0 unspecified atom stereocenters. The molecule has 1 aromatic heterocycles. The van der Waals surface area contributed by atoms with E-state index in [0.29, 0.717) is 11.9 Å². The number of nitriles is 1. The molecule has 0 saturated carbocycles. The third-order valence-electron chi connectivity index (χ3n) is 1.89. The Balaban J connectivity index is 0.00000106. The average molecular weight is 210 g/mol. The van der Waals surface area contributed by atoms with Crippen molar-refractivity contribution in [1.29, 1.82) is 5.26 Å². The Morgan fingerprint density at radius 1 is 1.56 bits per heavy atom. The Bertz CT molecular complexity index is 416. The minimum absolute atomic E-state index is 0.301. The number of hydrogen-bond acceptors (Lipinski definition) is 2. The van der Waals surface area contributed by atoms with Gasteiger partial charge in [-0.05, 0) is 16.7 Å². The molecule has 0 atom stereocenters. The quantitative estimate of drug-likeness (QED) is 0.719. The summed E-state index contributed by atoms with van der Waals surface area (Å²) < 4.78 is 0. The van der Waals surface area contributed by atoms with Crippen LogP contribution in [0.5, 0.6) is 0 Å². The van der Waals surface area contributed by atoms with Crippen LogP contribution in [0.1, 0.15) is 30.5 Å². The average Bonchev–Trinajstić information content (AvgIpc) is 2.31. The molecule has 80 valence electrons. The maximum Gasteiger partial charge on any atom is 0.113 e. The van der Waals surface area contributed by atoms with E-state index in [1.54, 1.807) is 18.5 Å². The lowest BCUT2D eigenvalue weighted by Gasteiger charge is -2.08. The van der Waals surface area contributed by atoms with Crippen molar-refractivity contribution < 1.29 is 0 Å². The summed E-state index contributed by atoms with van der Waals surface area (Å²) in [4.78, 5) is 3.99. The minimum atomic E-state index is 0.301. The van der Waals surface area contributed by atoms with E-state index in [1.165, 1.54) is 0 Å². The molecular weight excluding hydrogens is 195 g/mol. The van der Waals surface area contributed by atoms with Crippen LogP contribution in [-0.4, -0.2) is 12.8 Å². The Morgan fingerprint density at radius 3 is 2.62 bits per heavy atom. The van der Waals surface area contributed by atoms with Crippen molar-refractivity contribution in [2.24, 2.45) is 0 Å². The highest BCUT2D eigenvalue weighted by atomic mass is 14.6. The van der Waals surface area contributed by atoms with Crippen LogP contribution in [0.4, 0.5) is 0 Å². The molecule has 0 aliphatic heterocycles. The number of pyridine rings is 1. The molecule has 1 heterocycles. The fourth-order valence-corrected chi connectivity index (χ4v) is 1.24. The van der Waals surface area contributed by atoms with Gasteiger partial charge in [0.2, 0.25) is 0 Å². The first-order valence-corrected chi connectivity index (χ1v) is 5.11. The van der Waals surface area contributed by atoms with Gasteiger partial charge in [0.15, 0.2) is 0 Å². The number of nitrogens with zero attached hydrogens (tertiary/aromatic N) is 2. The number of aromatic nitrogens is 1. The molecule has 2 radical (unpaired) electrons. The summed E-state index contributed by atoms with van der Waals surface area (Å²) in [5.74, 6) is 0. The van der Waals surface area contributed by atoms with Gasteiger partial charge in [-0.1, -0.05) is 32.0 Å². The minimum Gasteiger partial charge on any atom is -0.264 e. The molecule has 1 rings (SSSR count). The predicted molar refractivity (Wildman–Crippen MR) is 69.8 cm³/mol. The molecule has 0 spiro atoms. The van der Waals surface area contributed by atoms with Crippen LogP contribution < -0.4 is 0 Å². The second kappa shape index (κ2) is 7.47. The summed E-state index contributed by atoms with van der Waals surface area (Å²) in [6, 6.07) is 2.07. The maximum absolute atomic E-state index is 8.60. The van der Waals surface area contributed by atoms with Gasteiger partial charge >= 0.3 is 0 Å². The van der Waals surface area contributed by atoms with Gasteiger partial charge in [0.1, 0.15) is 7.85 Å². The zero-order valence-electron chi connectivity index (χ0n) is 9.83. The molecule has 0 bridgehead atoms. The van der Waals surface area contributed by atoms with Gasteiger partial charge in [-0.2, -0.15) is 5.26 Å². The van der Waals surface area contributed by atoms with E-state index >= 15 is 0 Å². The summed E-state index contributed by atoms with van der Waals surface area (Å²) in [7, 11) is 5.59. The van der Waals surface area contributed by atoms with Crippen LogP contribution in [0.25, 0.3) is 11.5 Å². The van der Waals surface area contributed by atoms with Gasteiger partial charge < -0.3 is 0 Å². The first kappa shape index (κ1) is 14.2. The molecule has 0 aliphatic rings. The van der Waals surface area contributed by atoms with Gasteiger partial charge in [-0.15, -0.1) is 6.58 Å². The van der Waals surface area contributed by atoms with E-state index in [1.807, 2.05) is 13.8 Å². The summed E-state index contributed by atoms with van der Waals surface area (Å²) in [6.45, 7) is 11.3. The van der Waals surface area contributed by atoms with Crippen molar-refractivity contribution in [1.82, 2.24) is 4.98 Å². The lowest BCUT2D eigenvalue weighted by molar-refractivity contribution is 1.17. The number of rotatable bonds is 3. The second-order valence-corrected chi connectivity index (χ2v) is 2.82. The molecule has 0 aromatic carbocycles. The summed E-state index contributed by atoms with van der Waals surface area (Å²) >= 11 is 0. The molecule has 3 heteroatoms. The Labute approximate surface area is 98.7 Å². The molecule has 0 amide bonds. The maximum atomic E-state index is 8.60. The lowest BCUT2D eigenvalue weighted by atomic mass is 9.86. The van der Waals surface area contributed by atoms with Gasteiger partial charge in [0, 0.05) is 12.4 Å². The largest absolute Gasteiger partial charge is 0.264 e. The van der Waals surface area contributed by atoms with Crippen molar-refractivity contribution in [2.45, 2.75) is 20.3 Å². The SMILES string of the molecule is CC.[B]C(=C)c1cncc(CC#N)c1C=C. The van der Waals surface area contributed by atoms with Gasteiger partial charge in [0.25, 0.3) is 0 Å². The summed E-state index contributed by atoms with van der Waals surface area (Å²) in [6.07, 6.45) is 5.24. The van der Waals surface area contributed by atoms with Crippen LogP contribution in [-0.2, 0) is 6.42 Å². The normalized spacial score (nSPS) is 8.31. The fourth-order valence-electron chi connectivity index (χ4n) is 1.24. The Kier molecular flexibility index (Phi) is 6.63. The zero-order chi connectivity index (χ0) is 12.6. The van der Waals surface area contributed by atoms with Crippen molar-refractivity contribution in [2.75, 3.05) is 0 Å². The number of hydrogen-bond donors (Lipinski definition) is 0. The molecule has 0 aliphatic carbocycles. The first-order chi connectivity index (χ1) is 7.70. The highest BCUT2D eigenvalue weighted by Gasteiger charge is 2.05. The third-order valence-corrected chi connectivity index (χ3v) is 1.89. The molecular formula is C13H15BN2. The van der Waals surface area contributed by atoms with E-state index in [4.69, 9.17) is 13.1 Å². The van der Waals surface area contributed by atoms with E-state index in [0.717, 1.165) is 16.7 Å². The standard InChI is InChI=1S/C11H9BN2.C2H6/c1-3-10-9(4-5-13)6-14-7-11(10)8(2)12;1-2/h3,6-7H,1-2,4H2;1-2H3. The smallest absolute Gasteiger partial charge is 0.113 e. The van der Waals surface area contributed by atoms with Crippen molar-refractivity contribution in [3.63, 3.8) is 0 Å². The second-order valence-electron chi connectivity index (χ2n) is 2.82. The fraction of sp³-hybridized carbons (Fsp3) is 0.231. The van der Waals surface area contributed by atoms with Crippen LogP contribution in [0.15, 0.2) is 25.6 Å². The topological polar surface area (TPSA) is 36.7 Å². The molecule has 0 fully saturated rings. The van der Waals surface area contributed by atoms with E-state index in [2.05, 4.69) is 24.2 Å². The van der Waals surface area contributed by atoms with Crippen LogP contribution in [0.3, 0.4) is 0 Å². The molecule has 1 aromatic rings. The van der Waals surface area contributed by atoms with Gasteiger partial charge in [-0.3, -0.25) is 4.98 Å². The Morgan fingerprint density at radius 2 is 2.19 bits per heavy atom. The predicted octanol–water partition coefficient (Wildman–Crippen LogP) is 2.96. The van der Waals surface area contributed by atoms with Gasteiger partial charge in [0.05, 0.1) is 12.5 Å². The highest BCUT2D eigenvalue weighted by molar-refractivity contribution is 6.42. The van der Waals surface area contributed by atoms with E-state index < -0.39 is 0 Å². The van der Waals surface area contributed by atoms with Crippen LogP contribution >= 0.6 is 0 Å². The van der Waals surface area contributed by atoms with E-state index in [-0.39, 0.29) is 0 Å². The molecule has 16 heavy (non-hydrogen) atoms. The lowest BCUT2D eigenvalue weighted by Crippen LogP contribution is -1.96. The molecule has 0 saturated heterocycles. The van der Waals surface area contributed by atoms with Crippen LogP contribution in [0, 0.1) is 11.3 Å². The Hall–Kier alpha value is -1.82. The monoisotopic (exact) mass is 210 g/mol. The summed E-state index contributed by atoms with van der Waals surface area (Å²) in [5.41, 5.74) is 2.85. The third kappa shape index (κ3) is 3.40. The molecule has 2 nitrogen and oxygen atoms in total. The van der Waals surface area contributed by atoms with Crippen molar-refractivity contribution in [3.8, 4) is 6.07 Å². The van der Waals surface area contributed by atoms with Crippen molar-refractivity contribution in [3.05, 3.63) is 42.2 Å². The van der Waals surface area contributed by atoms with Gasteiger partial charge in [-0.25, -0.2) is 0 Å². The summed E-state index contributed by atoms with van der Waals surface area (Å²) in [5, 5.41) is 8.60. The highest BCUT2D eigenvalue weighted by Crippen LogP contribution is 2.19. The first-order valence-electron chi connectivity index (χ1n) is 5.11. The van der Waals surface area contributed by atoms with E-state index in [9.17, 15) is 0 Å². The molecule has 0 N–H and O–H groups in total. The van der Waals surface area contributed by atoms with Crippen molar-refractivity contribution >= 4 is 19.4 Å². The van der Waals surface area contributed by atoms with Crippen LogP contribution in [0.2, 0.25) is 0 Å². The zero-order valence-corrected chi connectivity index (χ0v) is 9.83.